The van der Waals surface area contributed by atoms with Crippen molar-refractivity contribution in [2.45, 2.75) is 43.4 Å². The van der Waals surface area contributed by atoms with Crippen LogP contribution in [0.4, 0.5) is 11.4 Å². The van der Waals surface area contributed by atoms with E-state index in [0.29, 0.717) is 5.92 Å². The van der Waals surface area contributed by atoms with E-state index in [1.165, 1.54) is 11.3 Å². The molecule has 1 aliphatic carbocycles. The number of nitrogens with one attached hydrogen (secondary N) is 1. The number of likely N-dealkylation sites (tertiary alicyclic amines) is 1. The molecule has 0 radical (unpaired) electrons. The first-order valence-electron chi connectivity index (χ1n) is 12.2. The van der Waals surface area contributed by atoms with Crippen molar-refractivity contribution >= 4 is 40.1 Å². The summed E-state index contributed by atoms with van der Waals surface area (Å²) in [4.78, 5) is 27.0. The Morgan fingerprint density at radius 3 is 2.56 bits per heavy atom. The van der Waals surface area contributed by atoms with Crippen LogP contribution in [0.5, 0.6) is 0 Å². The number of hydrogen-bond acceptors (Lipinski definition) is 6. The number of rotatable bonds is 4. The number of amides is 1. The second-order valence-corrected chi connectivity index (χ2v) is 10.7. The monoisotopic (exact) mass is 473 g/mol. The smallest absolute Gasteiger partial charge is 0.237 e. The van der Waals surface area contributed by atoms with Crippen molar-refractivity contribution < 1.29 is 4.79 Å². The number of aromatic nitrogens is 2. The van der Waals surface area contributed by atoms with Gasteiger partial charge in [-0.05, 0) is 69.6 Å². The maximum Gasteiger partial charge on any atom is 0.237 e. The summed E-state index contributed by atoms with van der Waals surface area (Å²) < 4.78 is 3.49. The molecule has 0 atom stereocenters. The van der Waals surface area contributed by atoms with E-state index in [1.54, 1.807) is 11.9 Å². The first-order chi connectivity index (χ1) is 16.5. The van der Waals surface area contributed by atoms with Gasteiger partial charge in [-0.15, -0.1) is 0 Å². The highest BCUT2D eigenvalue weighted by Crippen LogP contribution is 2.55. The number of carbonyl (C=O) groups excluding carboxylic acids is 1. The number of likely N-dealkylation sites (N-methyl/N-ethyl adjacent to an activating group) is 1. The largest absolute Gasteiger partial charge is 0.328 e. The standard InChI is InChI=1S/C27H31N5OS/c1-31-11-7-17(8-12-31)25-22(30-34-3)14-19(15-29-25)18-5-6-21-20(13-18)24-23(16-28-21)32(2)26(33)27(24)9-4-10-27/h5-6,13-17,30H,4,7-12H2,1-3H3. The highest BCUT2D eigenvalue weighted by atomic mass is 32.2. The van der Waals surface area contributed by atoms with Gasteiger partial charge in [0.25, 0.3) is 0 Å². The van der Waals surface area contributed by atoms with Crippen molar-refractivity contribution in [1.29, 1.82) is 0 Å². The summed E-state index contributed by atoms with van der Waals surface area (Å²) in [5.74, 6) is 0.716. The van der Waals surface area contributed by atoms with E-state index in [1.807, 2.05) is 24.3 Å². The van der Waals surface area contributed by atoms with Crippen LogP contribution in [0.2, 0.25) is 0 Å². The predicted octanol–water partition coefficient (Wildman–Crippen LogP) is 5.19. The molecule has 2 fully saturated rings. The Morgan fingerprint density at radius 1 is 1.06 bits per heavy atom. The van der Waals surface area contributed by atoms with Crippen molar-refractivity contribution in [3.63, 3.8) is 0 Å². The van der Waals surface area contributed by atoms with Crippen molar-refractivity contribution in [3.8, 4) is 11.1 Å². The molecule has 1 aromatic carbocycles. The van der Waals surface area contributed by atoms with Gasteiger partial charge in [0.05, 0.1) is 34.2 Å². The minimum Gasteiger partial charge on any atom is -0.328 e. The maximum absolute atomic E-state index is 13.2. The summed E-state index contributed by atoms with van der Waals surface area (Å²) in [6.45, 7) is 2.23. The fourth-order valence-electron chi connectivity index (χ4n) is 6.08. The topological polar surface area (TPSA) is 61.4 Å². The molecule has 1 saturated carbocycles. The van der Waals surface area contributed by atoms with Gasteiger partial charge in [-0.2, -0.15) is 0 Å². The average Bonchev–Trinajstić information content (AvgIpc) is 3.07. The highest BCUT2D eigenvalue weighted by molar-refractivity contribution is 7.99. The van der Waals surface area contributed by atoms with Gasteiger partial charge in [0.1, 0.15) is 0 Å². The number of pyridine rings is 2. The average molecular weight is 474 g/mol. The summed E-state index contributed by atoms with van der Waals surface area (Å²) in [6.07, 6.45) is 11.2. The van der Waals surface area contributed by atoms with Gasteiger partial charge >= 0.3 is 0 Å². The lowest BCUT2D eigenvalue weighted by atomic mass is 9.64. The number of benzene rings is 1. The second kappa shape index (κ2) is 8.24. The van der Waals surface area contributed by atoms with Gasteiger partial charge in [-0.25, -0.2) is 0 Å². The third-order valence-electron chi connectivity index (χ3n) is 8.18. The van der Waals surface area contributed by atoms with E-state index in [0.717, 1.165) is 78.6 Å². The van der Waals surface area contributed by atoms with E-state index in [9.17, 15) is 4.79 Å². The third-order valence-corrected chi connectivity index (χ3v) is 8.60. The molecular weight excluding hydrogens is 442 g/mol. The highest BCUT2D eigenvalue weighted by Gasteiger charge is 2.54. The Hall–Kier alpha value is -2.64. The summed E-state index contributed by atoms with van der Waals surface area (Å²) in [6, 6.07) is 8.69. The van der Waals surface area contributed by atoms with Gasteiger partial charge in [0, 0.05) is 41.9 Å². The first-order valence-corrected chi connectivity index (χ1v) is 13.4. The Morgan fingerprint density at radius 2 is 1.85 bits per heavy atom. The van der Waals surface area contributed by atoms with Crippen LogP contribution in [0, 0.1) is 0 Å². The molecule has 1 amide bonds. The van der Waals surface area contributed by atoms with Crippen molar-refractivity contribution in [2.24, 2.45) is 0 Å². The zero-order chi connectivity index (χ0) is 23.4. The van der Waals surface area contributed by atoms with Gasteiger partial charge < -0.3 is 14.5 Å². The van der Waals surface area contributed by atoms with Gasteiger partial charge in [-0.1, -0.05) is 24.4 Å². The van der Waals surface area contributed by atoms with Crippen LogP contribution >= 0.6 is 11.9 Å². The van der Waals surface area contributed by atoms with Crippen LogP contribution < -0.4 is 9.62 Å². The van der Waals surface area contributed by atoms with E-state index < -0.39 is 0 Å². The fraction of sp³-hybridized carbons (Fsp3) is 0.444. The molecule has 4 heterocycles. The lowest BCUT2D eigenvalue weighted by molar-refractivity contribution is -0.125. The first kappa shape index (κ1) is 21.9. The SMILES string of the molecule is CSNc1cc(-c2ccc3ncc4c(c3c2)C2(CCC2)C(=O)N4C)cnc1C1CCN(C)CC1. The Balaban J connectivity index is 1.44. The van der Waals surface area contributed by atoms with Gasteiger partial charge in [0.15, 0.2) is 0 Å². The quantitative estimate of drug-likeness (QED) is 0.526. The third kappa shape index (κ3) is 3.24. The molecule has 2 aromatic heterocycles. The molecule has 7 heteroatoms. The predicted molar refractivity (Wildman–Crippen MR) is 141 cm³/mol. The van der Waals surface area contributed by atoms with Gasteiger partial charge in [0.2, 0.25) is 5.91 Å². The Bertz CT molecular complexity index is 1280. The molecule has 6 nitrogen and oxygen atoms in total. The molecule has 6 rings (SSSR count). The number of carbonyl (C=O) groups is 1. The Kier molecular flexibility index (Phi) is 5.30. The maximum atomic E-state index is 13.2. The zero-order valence-electron chi connectivity index (χ0n) is 20.1. The second-order valence-electron chi connectivity index (χ2n) is 10.1. The number of anilines is 2. The normalized spacial score (nSPS) is 20.1. The molecule has 0 bridgehead atoms. The number of hydrogen-bond donors (Lipinski definition) is 1. The van der Waals surface area contributed by atoms with Crippen LogP contribution in [0.25, 0.3) is 22.0 Å². The molecule has 1 saturated heterocycles. The molecule has 176 valence electrons. The summed E-state index contributed by atoms with van der Waals surface area (Å²) in [5.41, 5.74) is 7.24. The molecule has 1 N–H and O–H groups in total. The molecular formula is C27H31N5OS. The van der Waals surface area contributed by atoms with E-state index >= 15 is 0 Å². The summed E-state index contributed by atoms with van der Waals surface area (Å²) in [7, 11) is 4.08. The minimum absolute atomic E-state index is 0.226. The molecule has 3 aliphatic rings. The number of nitrogens with zero attached hydrogens (tertiary/aromatic N) is 4. The molecule has 0 unspecified atom stereocenters. The van der Waals surface area contributed by atoms with Gasteiger partial charge in [-0.3, -0.25) is 14.8 Å². The van der Waals surface area contributed by atoms with Crippen LogP contribution in [0.1, 0.15) is 49.3 Å². The lowest BCUT2D eigenvalue weighted by Crippen LogP contribution is -2.43. The van der Waals surface area contributed by atoms with Crippen LogP contribution in [-0.4, -0.2) is 54.2 Å². The van der Waals surface area contributed by atoms with E-state index in [-0.39, 0.29) is 11.3 Å². The van der Waals surface area contributed by atoms with Crippen molar-refractivity contribution in [2.75, 3.05) is 43.1 Å². The van der Waals surface area contributed by atoms with Crippen LogP contribution in [0.15, 0.2) is 36.7 Å². The fourth-order valence-corrected chi connectivity index (χ4v) is 6.47. The molecule has 2 aliphatic heterocycles. The zero-order valence-corrected chi connectivity index (χ0v) is 20.9. The molecule has 34 heavy (non-hydrogen) atoms. The van der Waals surface area contributed by atoms with Crippen molar-refractivity contribution in [1.82, 2.24) is 14.9 Å². The van der Waals surface area contributed by atoms with E-state index in [4.69, 9.17) is 9.97 Å². The Labute approximate surface area is 205 Å². The van der Waals surface area contributed by atoms with Crippen LogP contribution in [0.3, 0.4) is 0 Å². The number of fused-ring (bicyclic) bond motifs is 4. The van der Waals surface area contributed by atoms with E-state index in [2.05, 4.69) is 47.2 Å². The summed E-state index contributed by atoms with van der Waals surface area (Å²) in [5, 5.41) is 1.10. The molecule has 3 aromatic rings. The molecule has 1 spiro atoms. The van der Waals surface area contributed by atoms with Crippen LogP contribution in [-0.2, 0) is 10.2 Å². The van der Waals surface area contributed by atoms with Crippen molar-refractivity contribution in [3.05, 3.63) is 47.9 Å². The number of piperidine rings is 1. The lowest BCUT2D eigenvalue weighted by Gasteiger charge is -2.37. The summed E-state index contributed by atoms with van der Waals surface area (Å²) >= 11 is 1.61. The minimum atomic E-state index is -0.355.